The second kappa shape index (κ2) is 8.45. The highest BCUT2D eigenvalue weighted by Crippen LogP contribution is 2.38. The summed E-state index contributed by atoms with van der Waals surface area (Å²) in [5.41, 5.74) is 1.03. The van der Waals surface area contributed by atoms with Crippen LogP contribution in [0.15, 0.2) is 36.4 Å². The van der Waals surface area contributed by atoms with Gasteiger partial charge >= 0.3 is 0 Å². The monoisotopic (exact) mass is 356 g/mol. The van der Waals surface area contributed by atoms with Crippen LogP contribution in [0.3, 0.4) is 0 Å². The molecule has 0 saturated heterocycles. The average molecular weight is 356 g/mol. The van der Waals surface area contributed by atoms with Crippen molar-refractivity contribution in [3.8, 4) is 11.8 Å². The van der Waals surface area contributed by atoms with Crippen LogP contribution in [0.2, 0.25) is 0 Å². The molecule has 0 nitrogen and oxygen atoms in total. The molecule has 0 spiro atoms. The highest BCUT2D eigenvalue weighted by atomic mass is 19.1. The van der Waals surface area contributed by atoms with Crippen LogP contribution in [0, 0.1) is 35.2 Å². The van der Waals surface area contributed by atoms with Gasteiger partial charge in [0.25, 0.3) is 0 Å². The predicted molar refractivity (Wildman–Crippen MR) is 98.3 cm³/mol. The molecule has 0 unspecified atom stereocenters. The second-order valence-electron chi connectivity index (χ2n) is 7.12. The summed E-state index contributed by atoms with van der Waals surface area (Å²) < 4.78 is 41.8. The summed E-state index contributed by atoms with van der Waals surface area (Å²) in [5, 5.41) is 0. The lowest BCUT2D eigenvalue weighted by molar-refractivity contribution is 0.307. The van der Waals surface area contributed by atoms with E-state index in [-0.39, 0.29) is 17.3 Å². The number of benzene rings is 2. The van der Waals surface area contributed by atoms with E-state index >= 15 is 0 Å². The van der Waals surface area contributed by atoms with Crippen LogP contribution in [0.1, 0.15) is 68.1 Å². The van der Waals surface area contributed by atoms with Crippen molar-refractivity contribution >= 4 is 0 Å². The Morgan fingerprint density at radius 2 is 1.50 bits per heavy atom. The van der Waals surface area contributed by atoms with Crippen LogP contribution in [-0.2, 0) is 0 Å². The van der Waals surface area contributed by atoms with Crippen LogP contribution in [0.25, 0.3) is 0 Å². The molecule has 136 valence electrons. The zero-order valence-corrected chi connectivity index (χ0v) is 15.0. The van der Waals surface area contributed by atoms with Crippen LogP contribution >= 0.6 is 0 Å². The summed E-state index contributed by atoms with van der Waals surface area (Å²) in [6.07, 6.45) is 6.68. The average Bonchev–Trinajstić information content (AvgIpc) is 2.63. The molecule has 0 atom stereocenters. The summed E-state index contributed by atoms with van der Waals surface area (Å²) >= 11 is 0. The first-order chi connectivity index (χ1) is 12.6. The van der Waals surface area contributed by atoms with E-state index < -0.39 is 11.6 Å². The molecule has 3 rings (SSSR count). The molecular formula is C23H23F3. The highest BCUT2D eigenvalue weighted by molar-refractivity contribution is 5.45. The Morgan fingerprint density at radius 1 is 0.885 bits per heavy atom. The van der Waals surface area contributed by atoms with Crippen LogP contribution in [0.4, 0.5) is 13.2 Å². The van der Waals surface area contributed by atoms with Gasteiger partial charge in [-0.2, -0.15) is 0 Å². The molecule has 2 aromatic carbocycles. The first kappa shape index (κ1) is 18.6. The van der Waals surface area contributed by atoms with Crippen molar-refractivity contribution in [2.75, 3.05) is 0 Å². The van der Waals surface area contributed by atoms with Gasteiger partial charge in [0.05, 0.1) is 5.56 Å². The van der Waals surface area contributed by atoms with Gasteiger partial charge in [0, 0.05) is 5.56 Å². The Labute approximate surface area is 153 Å². The molecule has 1 aliphatic carbocycles. The quantitative estimate of drug-likeness (QED) is 0.545. The maximum Gasteiger partial charge on any atom is 0.142 e. The van der Waals surface area contributed by atoms with E-state index in [9.17, 15) is 13.2 Å². The van der Waals surface area contributed by atoms with Crippen LogP contribution < -0.4 is 0 Å². The maximum absolute atomic E-state index is 14.4. The molecule has 2 aromatic rings. The minimum absolute atomic E-state index is 0.224. The maximum atomic E-state index is 14.4. The lowest BCUT2D eigenvalue weighted by Crippen LogP contribution is -2.13. The van der Waals surface area contributed by atoms with Gasteiger partial charge in [0.2, 0.25) is 0 Å². The van der Waals surface area contributed by atoms with Crippen molar-refractivity contribution in [1.29, 1.82) is 0 Å². The number of rotatable bonds is 3. The van der Waals surface area contributed by atoms with E-state index in [1.54, 1.807) is 0 Å². The lowest BCUT2D eigenvalue weighted by atomic mass is 9.77. The second-order valence-corrected chi connectivity index (χ2v) is 7.12. The summed E-state index contributed by atoms with van der Waals surface area (Å²) in [4.78, 5) is 0. The molecule has 0 aromatic heterocycles. The largest absolute Gasteiger partial charge is 0.207 e. The first-order valence-corrected chi connectivity index (χ1v) is 9.33. The molecule has 1 saturated carbocycles. The molecule has 0 aliphatic heterocycles. The van der Waals surface area contributed by atoms with Gasteiger partial charge in [-0.1, -0.05) is 31.6 Å². The first-order valence-electron chi connectivity index (χ1n) is 9.33. The standard InChI is InChI=1S/C23H23F3/c1-2-3-16-4-9-18(10-5-16)19-14-22(25)21(23(26)15-19)13-8-17-6-11-20(24)12-7-17/h6-7,11-12,14-16,18H,2-5,9-10H2,1H3. The van der Waals surface area contributed by atoms with Gasteiger partial charge < -0.3 is 0 Å². The zero-order valence-electron chi connectivity index (χ0n) is 15.0. The Morgan fingerprint density at radius 3 is 2.08 bits per heavy atom. The molecule has 0 N–H and O–H groups in total. The van der Waals surface area contributed by atoms with Crippen molar-refractivity contribution in [2.45, 2.75) is 51.4 Å². The summed E-state index contributed by atoms with van der Waals surface area (Å²) in [6, 6.07) is 8.39. The summed E-state index contributed by atoms with van der Waals surface area (Å²) in [6.45, 7) is 2.20. The fourth-order valence-corrected chi connectivity index (χ4v) is 3.81. The zero-order chi connectivity index (χ0) is 18.5. The van der Waals surface area contributed by atoms with Gasteiger partial charge in [-0.25, -0.2) is 13.2 Å². The summed E-state index contributed by atoms with van der Waals surface area (Å²) in [5.74, 6) is 4.62. The molecule has 1 aliphatic rings. The molecular weight excluding hydrogens is 333 g/mol. The van der Waals surface area contributed by atoms with Crippen molar-refractivity contribution in [2.24, 2.45) is 5.92 Å². The van der Waals surface area contributed by atoms with Crippen LogP contribution in [-0.4, -0.2) is 0 Å². The van der Waals surface area contributed by atoms with Gasteiger partial charge in [-0.3, -0.25) is 0 Å². The van der Waals surface area contributed by atoms with Crippen molar-refractivity contribution in [1.82, 2.24) is 0 Å². The third-order valence-corrected chi connectivity index (χ3v) is 5.26. The Hall–Kier alpha value is -2.21. The molecule has 26 heavy (non-hydrogen) atoms. The predicted octanol–water partition coefficient (Wildman–Crippen LogP) is 6.58. The van der Waals surface area contributed by atoms with Gasteiger partial charge in [-0.15, -0.1) is 0 Å². The fraction of sp³-hybridized carbons (Fsp3) is 0.391. The minimum atomic E-state index is -0.620. The van der Waals surface area contributed by atoms with E-state index in [0.29, 0.717) is 5.56 Å². The van der Waals surface area contributed by atoms with Crippen LogP contribution in [0.5, 0.6) is 0 Å². The SMILES string of the molecule is CCCC1CCC(c2cc(F)c(C#Cc3ccc(F)cc3)c(F)c2)CC1. The highest BCUT2D eigenvalue weighted by Gasteiger charge is 2.23. The van der Waals surface area contributed by atoms with Crippen molar-refractivity contribution in [3.05, 3.63) is 70.5 Å². The molecule has 1 fully saturated rings. The molecule has 0 radical (unpaired) electrons. The van der Waals surface area contributed by atoms with Gasteiger partial charge in [0.15, 0.2) is 0 Å². The van der Waals surface area contributed by atoms with E-state index in [4.69, 9.17) is 0 Å². The van der Waals surface area contributed by atoms with E-state index in [1.165, 1.54) is 49.2 Å². The fourth-order valence-electron chi connectivity index (χ4n) is 3.81. The molecule has 0 heterocycles. The summed E-state index contributed by atoms with van der Waals surface area (Å²) in [7, 11) is 0. The number of hydrogen-bond acceptors (Lipinski definition) is 0. The van der Waals surface area contributed by atoms with Crippen molar-refractivity contribution < 1.29 is 13.2 Å². The normalized spacial score (nSPS) is 19.7. The van der Waals surface area contributed by atoms with E-state index in [1.807, 2.05) is 0 Å². The molecule has 3 heteroatoms. The van der Waals surface area contributed by atoms with E-state index in [0.717, 1.165) is 37.2 Å². The molecule has 0 bridgehead atoms. The third kappa shape index (κ3) is 4.49. The molecule has 0 amide bonds. The minimum Gasteiger partial charge on any atom is -0.207 e. The Bertz CT molecular complexity index is 781. The van der Waals surface area contributed by atoms with Gasteiger partial charge in [-0.05, 0) is 79.5 Å². The smallest absolute Gasteiger partial charge is 0.142 e. The van der Waals surface area contributed by atoms with E-state index in [2.05, 4.69) is 18.8 Å². The van der Waals surface area contributed by atoms with Gasteiger partial charge in [0.1, 0.15) is 17.5 Å². The lowest BCUT2D eigenvalue weighted by Gasteiger charge is -2.28. The Kier molecular flexibility index (Phi) is 6.04. The third-order valence-electron chi connectivity index (χ3n) is 5.26. The van der Waals surface area contributed by atoms with Crippen molar-refractivity contribution in [3.63, 3.8) is 0 Å². The Balaban J connectivity index is 1.76. The number of halogens is 3. The number of hydrogen-bond donors (Lipinski definition) is 0. The topological polar surface area (TPSA) is 0 Å².